The molecule has 0 radical (unpaired) electrons. The van der Waals surface area contributed by atoms with Crippen LogP contribution in [-0.4, -0.2) is 59.4 Å². The van der Waals surface area contributed by atoms with Crippen LogP contribution in [0.5, 0.6) is 11.5 Å². The van der Waals surface area contributed by atoms with Crippen LogP contribution in [0.1, 0.15) is 62.4 Å². The number of unbranched alkanes of at least 4 members (excludes halogenated alkanes) is 3. The van der Waals surface area contributed by atoms with Gasteiger partial charge >= 0.3 is 0 Å². The average Bonchev–Trinajstić information content (AvgIpc) is 3.27. The summed E-state index contributed by atoms with van der Waals surface area (Å²) in [5.74, 6) is 1.30. The van der Waals surface area contributed by atoms with Gasteiger partial charge in [0.05, 0.1) is 26.3 Å². The third-order valence-corrected chi connectivity index (χ3v) is 7.43. The second-order valence-electron chi connectivity index (χ2n) is 9.65. The average molecular weight is 490 g/mol. The Kier molecular flexibility index (Phi) is 6.90. The Morgan fingerprint density at radius 2 is 1.86 bits per heavy atom. The van der Waals surface area contributed by atoms with Crippen molar-refractivity contribution in [2.45, 2.75) is 58.0 Å². The SMILES string of the molecule is CCCCCCN1CC(=O)N2[C@@H](c3ccc(OCC)c(OC)c3)c3[nH]c4ccccc4c3C[C@H]2C1=O. The molecule has 7 heteroatoms. The highest BCUT2D eigenvalue weighted by atomic mass is 16.5. The molecule has 3 aromatic rings. The number of ether oxygens (including phenoxy) is 2. The second kappa shape index (κ2) is 10.2. The monoisotopic (exact) mass is 489 g/mol. The largest absolute Gasteiger partial charge is 0.493 e. The molecule has 190 valence electrons. The number of carbonyl (C=O) groups is 2. The fourth-order valence-electron chi connectivity index (χ4n) is 5.72. The molecule has 7 nitrogen and oxygen atoms in total. The van der Waals surface area contributed by atoms with E-state index in [0.29, 0.717) is 31.1 Å². The number of benzene rings is 2. The van der Waals surface area contributed by atoms with Gasteiger partial charge in [-0.3, -0.25) is 9.59 Å². The molecule has 0 aliphatic carbocycles. The molecule has 1 aromatic heterocycles. The van der Waals surface area contributed by atoms with Crippen LogP contribution in [0.3, 0.4) is 0 Å². The summed E-state index contributed by atoms with van der Waals surface area (Å²) in [5.41, 5.74) is 3.99. The molecule has 1 fully saturated rings. The topological polar surface area (TPSA) is 74.9 Å². The first-order valence-corrected chi connectivity index (χ1v) is 13.1. The normalized spacial score (nSPS) is 19.4. The summed E-state index contributed by atoms with van der Waals surface area (Å²) in [5, 5.41) is 1.11. The molecule has 5 rings (SSSR count). The summed E-state index contributed by atoms with van der Waals surface area (Å²) in [6.45, 7) is 5.39. The van der Waals surface area contributed by atoms with E-state index in [4.69, 9.17) is 9.47 Å². The standard InChI is InChI=1S/C29H35N3O4/c1-4-6-7-10-15-31-18-26(33)32-23(29(31)34)17-21-20-11-8-9-12-22(20)30-27(21)28(32)19-13-14-24(36-5-2)25(16-19)35-3/h8-9,11-14,16,23,28,30H,4-7,10,15,17-18H2,1-3H3/t23-,28-/m0/s1. The number of rotatable bonds is 9. The van der Waals surface area contributed by atoms with E-state index in [1.165, 1.54) is 0 Å². The lowest BCUT2D eigenvalue weighted by molar-refractivity contribution is -0.158. The molecule has 2 aromatic carbocycles. The Morgan fingerprint density at radius 3 is 2.64 bits per heavy atom. The Balaban J connectivity index is 1.58. The van der Waals surface area contributed by atoms with E-state index >= 15 is 0 Å². The number of para-hydroxylation sites is 1. The van der Waals surface area contributed by atoms with Gasteiger partial charge in [0.2, 0.25) is 11.8 Å². The van der Waals surface area contributed by atoms with Crippen molar-refractivity contribution in [2.24, 2.45) is 0 Å². The number of nitrogens with zero attached hydrogens (tertiary/aromatic N) is 2. The Hall–Kier alpha value is -3.48. The van der Waals surface area contributed by atoms with Gasteiger partial charge in [-0.25, -0.2) is 0 Å². The van der Waals surface area contributed by atoms with Crippen LogP contribution in [0.15, 0.2) is 42.5 Å². The maximum Gasteiger partial charge on any atom is 0.246 e. The molecule has 0 unspecified atom stereocenters. The van der Waals surface area contributed by atoms with Gasteiger partial charge in [0.25, 0.3) is 0 Å². The molecule has 36 heavy (non-hydrogen) atoms. The van der Waals surface area contributed by atoms with Gasteiger partial charge in [-0.1, -0.05) is 50.5 Å². The van der Waals surface area contributed by atoms with E-state index in [2.05, 4.69) is 18.0 Å². The summed E-state index contributed by atoms with van der Waals surface area (Å²) in [6, 6.07) is 13.0. The quantitative estimate of drug-likeness (QED) is 0.437. The number of fused-ring (bicyclic) bond motifs is 4. The number of methoxy groups -OCH3 is 1. The summed E-state index contributed by atoms with van der Waals surface area (Å²) < 4.78 is 11.4. The van der Waals surface area contributed by atoms with Gasteiger partial charge < -0.3 is 24.3 Å². The van der Waals surface area contributed by atoms with Crippen LogP contribution in [0, 0.1) is 0 Å². The van der Waals surface area contributed by atoms with Crippen molar-refractivity contribution in [3.63, 3.8) is 0 Å². The van der Waals surface area contributed by atoms with Gasteiger partial charge in [0, 0.05) is 29.6 Å². The van der Waals surface area contributed by atoms with Crippen LogP contribution in [0.4, 0.5) is 0 Å². The minimum atomic E-state index is -0.522. The molecule has 0 bridgehead atoms. The molecular weight excluding hydrogens is 454 g/mol. The maximum absolute atomic E-state index is 13.8. The van der Waals surface area contributed by atoms with Crippen LogP contribution in [-0.2, 0) is 16.0 Å². The van der Waals surface area contributed by atoms with Crippen molar-refractivity contribution in [2.75, 3.05) is 26.8 Å². The zero-order valence-electron chi connectivity index (χ0n) is 21.4. The first kappa shape index (κ1) is 24.2. The van der Waals surface area contributed by atoms with Gasteiger partial charge in [-0.05, 0) is 42.7 Å². The number of hydrogen-bond acceptors (Lipinski definition) is 4. The molecule has 2 amide bonds. The number of aromatic nitrogens is 1. The van der Waals surface area contributed by atoms with E-state index in [1.54, 1.807) is 16.9 Å². The zero-order valence-corrected chi connectivity index (χ0v) is 21.4. The smallest absolute Gasteiger partial charge is 0.246 e. The fourth-order valence-corrected chi connectivity index (χ4v) is 5.72. The van der Waals surface area contributed by atoms with E-state index < -0.39 is 12.1 Å². The highest BCUT2D eigenvalue weighted by Gasteiger charge is 2.48. The minimum absolute atomic E-state index is 0.0164. The van der Waals surface area contributed by atoms with Crippen LogP contribution < -0.4 is 9.47 Å². The highest BCUT2D eigenvalue weighted by molar-refractivity contribution is 5.97. The van der Waals surface area contributed by atoms with Gasteiger partial charge in [0.15, 0.2) is 11.5 Å². The molecule has 2 aliphatic rings. The van der Waals surface area contributed by atoms with E-state index in [9.17, 15) is 9.59 Å². The van der Waals surface area contributed by atoms with Crippen LogP contribution >= 0.6 is 0 Å². The highest BCUT2D eigenvalue weighted by Crippen LogP contribution is 2.44. The molecule has 2 atom stereocenters. The first-order chi connectivity index (χ1) is 17.6. The third-order valence-electron chi connectivity index (χ3n) is 7.43. The van der Waals surface area contributed by atoms with Crippen molar-refractivity contribution in [3.05, 3.63) is 59.3 Å². The number of amides is 2. The van der Waals surface area contributed by atoms with Gasteiger partial charge in [-0.15, -0.1) is 0 Å². The summed E-state index contributed by atoms with van der Waals surface area (Å²) in [4.78, 5) is 34.6. The van der Waals surface area contributed by atoms with E-state index in [1.807, 2.05) is 43.3 Å². The van der Waals surface area contributed by atoms with Crippen LogP contribution in [0.2, 0.25) is 0 Å². The number of nitrogens with one attached hydrogen (secondary N) is 1. The number of H-pyrrole nitrogens is 1. The predicted octanol–water partition coefficient (Wildman–Crippen LogP) is 4.84. The number of hydrogen-bond donors (Lipinski definition) is 1. The molecule has 2 aliphatic heterocycles. The van der Waals surface area contributed by atoms with Crippen molar-refractivity contribution in [3.8, 4) is 11.5 Å². The van der Waals surface area contributed by atoms with Crippen molar-refractivity contribution in [1.29, 1.82) is 0 Å². The first-order valence-electron chi connectivity index (χ1n) is 13.1. The third kappa shape index (κ3) is 4.21. The molecule has 0 saturated carbocycles. The van der Waals surface area contributed by atoms with E-state index in [-0.39, 0.29) is 18.4 Å². The Bertz CT molecular complexity index is 1270. The molecule has 1 N–H and O–H groups in total. The molecular formula is C29H35N3O4. The zero-order chi connectivity index (χ0) is 25.2. The lowest BCUT2D eigenvalue weighted by Crippen LogP contribution is -2.63. The number of carbonyl (C=O) groups excluding carboxylic acids is 2. The van der Waals surface area contributed by atoms with Crippen molar-refractivity contribution in [1.82, 2.24) is 14.8 Å². The summed E-state index contributed by atoms with van der Waals surface area (Å²) >= 11 is 0. The van der Waals surface area contributed by atoms with Gasteiger partial charge in [-0.2, -0.15) is 0 Å². The maximum atomic E-state index is 13.8. The summed E-state index contributed by atoms with van der Waals surface area (Å²) in [6.07, 6.45) is 4.80. The fraction of sp³-hybridized carbons (Fsp3) is 0.448. The second-order valence-corrected chi connectivity index (χ2v) is 9.65. The lowest BCUT2D eigenvalue weighted by Gasteiger charge is -2.47. The minimum Gasteiger partial charge on any atom is -0.493 e. The number of aromatic amines is 1. The van der Waals surface area contributed by atoms with Crippen LogP contribution in [0.25, 0.3) is 10.9 Å². The Morgan fingerprint density at radius 1 is 1.03 bits per heavy atom. The number of piperazine rings is 1. The van der Waals surface area contributed by atoms with Crippen molar-refractivity contribution >= 4 is 22.7 Å². The molecule has 1 saturated heterocycles. The van der Waals surface area contributed by atoms with Gasteiger partial charge in [0.1, 0.15) is 6.04 Å². The van der Waals surface area contributed by atoms with Crippen molar-refractivity contribution < 1.29 is 19.1 Å². The lowest BCUT2D eigenvalue weighted by atomic mass is 9.86. The Labute approximate surface area is 212 Å². The predicted molar refractivity (Wildman–Crippen MR) is 139 cm³/mol. The summed E-state index contributed by atoms with van der Waals surface area (Å²) in [7, 11) is 1.62. The van der Waals surface area contributed by atoms with E-state index in [0.717, 1.165) is 53.4 Å². The molecule has 0 spiro atoms. The molecule has 3 heterocycles.